The Morgan fingerprint density at radius 2 is 1.35 bits per heavy atom. The summed E-state index contributed by atoms with van der Waals surface area (Å²) >= 11 is 0. The molecule has 1 unspecified atom stereocenters. The molecule has 0 aromatic heterocycles. The van der Waals surface area contributed by atoms with Gasteiger partial charge in [0.1, 0.15) is 5.25 Å². The molecule has 0 heterocycles. The van der Waals surface area contributed by atoms with E-state index in [0.29, 0.717) is 4.90 Å². The molecule has 20 heavy (non-hydrogen) atoms. The van der Waals surface area contributed by atoms with Crippen LogP contribution in [0.1, 0.15) is 21.9 Å². The van der Waals surface area contributed by atoms with Crippen molar-refractivity contribution in [2.75, 3.05) is 6.54 Å². The molecule has 0 amide bonds. The molecule has 0 aliphatic carbocycles. The number of aryl methyl sites for hydroxylation is 2. The maximum Gasteiger partial charge on any atom is 0.186 e. The van der Waals surface area contributed by atoms with Gasteiger partial charge in [0.05, 0.1) is 4.90 Å². The summed E-state index contributed by atoms with van der Waals surface area (Å²) in [7, 11) is -3.46. The van der Waals surface area contributed by atoms with Crippen LogP contribution in [0, 0.1) is 13.8 Å². The van der Waals surface area contributed by atoms with Gasteiger partial charge in [-0.05, 0) is 31.5 Å². The van der Waals surface area contributed by atoms with Crippen molar-refractivity contribution in [3.8, 4) is 0 Å². The van der Waals surface area contributed by atoms with Gasteiger partial charge in [-0.1, -0.05) is 47.5 Å². The Hall–Kier alpha value is -1.65. The summed E-state index contributed by atoms with van der Waals surface area (Å²) in [4.78, 5) is 0.319. The van der Waals surface area contributed by atoms with Crippen molar-refractivity contribution in [1.82, 2.24) is 0 Å². The first-order chi connectivity index (χ1) is 9.45. The van der Waals surface area contributed by atoms with Crippen LogP contribution in [0.5, 0.6) is 0 Å². The molecule has 4 heteroatoms. The Bertz CT molecular complexity index is 673. The molecule has 0 aliphatic heterocycles. The van der Waals surface area contributed by atoms with Crippen molar-refractivity contribution >= 4 is 9.84 Å². The minimum atomic E-state index is -3.46. The molecular weight excluding hydrogens is 270 g/mol. The summed E-state index contributed by atoms with van der Waals surface area (Å²) in [5.74, 6) is 0. The summed E-state index contributed by atoms with van der Waals surface area (Å²) in [5.41, 5.74) is 8.58. The van der Waals surface area contributed by atoms with Gasteiger partial charge in [-0.25, -0.2) is 8.42 Å². The Morgan fingerprint density at radius 1 is 0.900 bits per heavy atom. The fraction of sp³-hybridized carbons (Fsp3) is 0.250. The third kappa shape index (κ3) is 2.92. The lowest BCUT2D eigenvalue weighted by molar-refractivity contribution is 0.582. The van der Waals surface area contributed by atoms with Crippen molar-refractivity contribution in [3.05, 3.63) is 65.2 Å². The van der Waals surface area contributed by atoms with Crippen molar-refractivity contribution < 1.29 is 8.42 Å². The average molecular weight is 289 g/mol. The zero-order valence-electron chi connectivity index (χ0n) is 11.7. The lowest BCUT2D eigenvalue weighted by Gasteiger charge is -2.16. The highest BCUT2D eigenvalue weighted by Gasteiger charge is 2.27. The fourth-order valence-electron chi connectivity index (χ4n) is 2.12. The third-order valence-electron chi connectivity index (χ3n) is 3.39. The van der Waals surface area contributed by atoms with Crippen LogP contribution < -0.4 is 5.73 Å². The molecule has 0 fully saturated rings. The Balaban J connectivity index is 2.44. The van der Waals surface area contributed by atoms with E-state index in [1.54, 1.807) is 24.3 Å². The SMILES string of the molecule is Cc1ccc(C(CN)S(=O)(=O)c2ccc(C)cc2)cc1. The van der Waals surface area contributed by atoms with E-state index in [0.717, 1.165) is 16.7 Å². The molecule has 106 valence electrons. The largest absolute Gasteiger partial charge is 0.329 e. The molecule has 2 N–H and O–H groups in total. The highest BCUT2D eigenvalue weighted by molar-refractivity contribution is 7.91. The zero-order valence-corrected chi connectivity index (χ0v) is 12.5. The van der Waals surface area contributed by atoms with Crippen molar-refractivity contribution in [2.45, 2.75) is 24.0 Å². The topological polar surface area (TPSA) is 60.2 Å². The van der Waals surface area contributed by atoms with E-state index in [2.05, 4.69) is 0 Å². The second kappa shape index (κ2) is 5.77. The number of sulfone groups is 1. The Kier molecular flexibility index (Phi) is 4.26. The molecule has 0 aliphatic rings. The summed E-state index contributed by atoms with van der Waals surface area (Å²) in [6, 6.07) is 14.4. The first-order valence-electron chi connectivity index (χ1n) is 6.52. The van der Waals surface area contributed by atoms with Crippen LogP contribution in [0.3, 0.4) is 0 Å². The number of hydrogen-bond donors (Lipinski definition) is 1. The maximum absolute atomic E-state index is 12.7. The van der Waals surface area contributed by atoms with Crippen LogP contribution in [-0.2, 0) is 9.84 Å². The third-order valence-corrected chi connectivity index (χ3v) is 5.53. The van der Waals surface area contributed by atoms with Gasteiger partial charge < -0.3 is 5.73 Å². The highest BCUT2D eigenvalue weighted by Crippen LogP contribution is 2.28. The molecule has 0 spiro atoms. The summed E-state index contributed by atoms with van der Waals surface area (Å²) in [6.45, 7) is 3.96. The van der Waals surface area contributed by atoms with E-state index in [1.165, 1.54) is 0 Å². The van der Waals surface area contributed by atoms with Gasteiger partial charge in [0.2, 0.25) is 0 Å². The van der Waals surface area contributed by atoms with Gasteiger partial charge in [-0.3, -0.25) is 0 Å². The Morgan fingerprint density at radius 3 is 1.80 bits per heavy atom. The normalized spacial score (nSPS) is 13.2. The lowest BCUT2D eigenvalue weighted by atomic mass is 10.1. The van der Waals surface area contributed by atoms with Crippen LogP contribution in [0.4, 0.5) is 0 Å². The van der Waals surface area contributed by atoms with Gasteiger partial charge in [0.15, 0.2) is 9.84 Å². The zero-order chi connectivity index (χ0) is 14.8. The molecule has 2 rings (SSSR count). The first-order valence-corrected chi connectivity index (χ1v) is 8.07. The number of hydrogen-bond acceptors (Lipinski definition) is 3. The van der Waals surface area contributed by atoms with E-state index >= 15 is 0 Å². The molecule has 0 saturated heterocycles. The molecular formula is C16H19NO2S. The van der Waals surface area contributed by atoms with E-state index in [4.69, 9.17) is 5.73 Å². The van der Waals surface area contributed by atoms with E-state index < -0.39 is 15.1 Å². The quantitative estimate of drug-likeness (QED) is 0.941. The van der Waals surface area contributed by atoms with Crippen LogP contribution in [0.2, 0.25) is 0 Å². The molecule has 0 saturated carbocycles. The lowest BCUT2D eigenvalue weighted by Crippen LogP contribution is -2.22. The smallest absolute Gasteiger partial charge is 0.186 e. The second-order valence-corrected chi connectivity index (χ2v) is 7.12. The minimum Gasteiger partial charge on any atom is -0.329 e. The van der Waals surface area contributed by atoms with Crippen molar-refractivity contribution in [3.63, 3.8) is 0 Å². The van der Waals surface area contributed by atoms with Crippen LogP contribution in [-0.4, -0.2) is 15.0 Å². The second-order valence-electron chi connectivity index (χ2n) is 4.99. The molecule has 1 atom stereocenters. The van der Waals surface area contributed by atoms with Crippen LogP contribution >= 0.6 is 0 Å². The van der Waals surface area contributed by atoms with Crippen LogP contribution in [0.15, 0.2) is 53.4 Å². The average Bonchev–Trinajstić information content (AvgIpc) is 2.42. The molecule has 3 nitrogen and oxygen atoms in total. The standard InChI is InChI=1S/C16H19NO2S/c1-12-3-7-14(8-4-12)16(11-17)20(18,19)15-9-5-13(2)6-10-15/h3-10,16H,11,17H2,1-2H3. The number of rotatable bonds is 4. The highest BCUT2D eigenvalue weighted by atomic mass is 32.2. The predicted molar refractivity (Wildman–Crippen MR) is 81.3 cm³/mol. The minimum absolute atomic E-state index is 0.0687. The molecule has 0 bridgehead atoms. The van der Waals surface area contributed by atoms with E-state index in [1.807, 2.05) is 38.1 Å². The first kappa shape index (κ1) is 14.8. The van der Waals surface area contributed by atoms with Crippen molar-refractivity contribution in [2.24, 2.45) is 5.73 Å². The Labute approximate surface area is 120 Å². The van der Waals surface area contributed by atoms with Gasteiger partial charge in [-0.2, -0.15) is 0 Å². The maximum atomic E-state index is 12.7. The summed E-state index contributed by atoms with van der Waals surface area (Å²) < 4.78 is 25.4. The fourth-order valence-corrected chi connectivity index (χ4v) is 3.73. The number of benzene rings is 2. The summed E-state index contributed by atoms with van der Waals surface area (Å²) in [6.07, 6.45) is 0. The van der Waals surface area contributed by atoms with Gasteiger partial charge in [0.25, 0.3) is 0 Å². The molecule has 0 radical (unpaired) electrons. The number of nitrogens with two attached hydrogens (primary N) is 1. The molecule has 2 aromatic carbocycles. The van der Waals surface area contributed by atoms with Crippen LogP contribution in [0.25, 0.3) is 0 Å². The van der Waals surface area contributed by atoms with E-state index in [-0.39, 0.29) is 6.54 Å². The van der Waals surface area contributed by atoms with Gasteiger partial charge in [-0.15, -0.1) is 0 Å². The van der Waals surface area contributed by atoms with Crippen molar-refractivity contribution in [1.29, 1.82) is 0 Å². The molecule has 2 aromatic rings. The van der Waals surface area contributed by atoms with Gasteiger partial charge >= 0.3 is 0 Å². The summed E-state index contributed by atoms with van der Waals surface area (Å²) in [5, 5.41) is -0.703. The monoisotopic (exact) mass is 289 g/mol. The van der Waals surface area contributed by atoms with E-state index in [9.17, 15) is 8.42 Å². The predicted octanol–water partition coefficient (Wildman–Crippen LogP) is 2.78. The van der Waals surface area contributed by atoms with Gasteiger partial charge in [0, 0.05) is 6.54 Å².